The van der Waals surface area contributed by atoms with Crippen LogP contribution >= 0.6 is 0 Å². The highest BCUT2D eigenvalue weighted by molar-refractivity contribution is 7.90. The summed E-state index contributed by atoms with van der Waals surface area (Å²) in [5.41, 5.74) is 3.47. The number of para-hydroxylation sites is 1. The highest BCUT2D eigenvalue weighted by Crippen LogP contribution is 2.33. The van der Waals surface area contributed by atoms with E-state index in [4.69, 9.17) is 4.52 Å². The SMILES string of the molecule is CC.CC.CN(C)C/C=C/C(=O)Nc1ccccc1-c1nc2nccc(-c3ccc(CNC(=O)c4nc(C(C)(C)C)no4)c(S(C)(=O)=O)c3)c2[nH]1. The minimum Gasteiger partial charge on any atom is -0.344 e. The number of H-pyrrole nitrogens is 1. The van der Waals surface area contributed by atoms with Crippen molar-refractivity contribution in [2.24, 2.45) is 0 Å². The van der Waals surface area contributed by atoms with Crippen LogP contribution in [-0.4, -0.2) is 77.1 Å². The van der Waals surface area contributed by atoms with Crippen LogP contribution in [0.15, 0.2) is 76.3 Å². The van der Waals surface area contributed by atoms with E-state index in [2.05, 4.69) is 35.7 Å². The van der Waals surface area contributed by atoms with E-state index in [-0.39, 0.29) is 23.2 Å². The number of aromatic amines is 1. The lowest BCUT2D eigenvalue weighted by Crippen LogP contribution is -2.24. The van der Waals surface area contributed by atoms with Gasteiger partial charge in [0.05, 0.1) is 16.1 Å². The fraction of sp³-hybridized carbons (Fsp3) is 0.351. The Bertz CT molecular complexity index is 2090. The first-order valence-corrected chi connectivity index (χ1v) is 18.6. The van der Waals surface area contributed by atoms with Crippen LogP contribution in [0.5, 0.6) is 0 Å². The van der Waals surface area contributed by atoms with E-state index in [1.54, 1.807) is 42.6 Å². The summed E-state index contributed by atoms with van der Waals surface area (Å²) in [6.07, 6.45) is 5.96. The molecule has 0 atom stereocenters. The molecule has 0 aliphatic carbocycles. The van der Waals surface area contributed by atoms with Gasteiger partial charge in [-0.25, -0.2) is 18.4 Å². The van der Waals surface area contributed by atoms with Gasteiger partial charge in [-0.2, -0.15) is 4.98 Å². The molecular formula is C37H48N8O5S. The second-order valence-electron chi connectivity index (χ2n) is 12.3. The van der Waals surface area contributed by atoms with Gasteiger partial charge >= 0.3 is 11.8 Å². The van der Waals surface area contributed by atoms with Gasteiger partial charge in [0, 0.05) is 48.2 Å². The maximum atomic E-state index is 12.9. The number of hydrogen-bond acceptors (Lipinski definition) is 10. The number of imidazole rings is 1. The zero-order chi connectivity index (χ0) is 37.9. The first kappa shape index (κ1) is 40.2. The van der Waals surface area contributed by atoms with E-state index in [0.717, 1.165) is 6.26 Å². The number of nitrogens with zero attached hydrogens (tertiary/aromatic N) is 5. The van der Waals surface area contributed by atoms with Gasteiger partial charge < -0.3 is 25.0 Å². The number of benzene rings is 2. The van der Waals surface area contributed by atoms with Crippen LogP contribution in [-0.2, 0) is 26.6 Å². The molecule has 2 aromatic carbocycles. The van der Waals surface area contributed by atoms with Gasteiger partial charge in [0.2, 0.25) is 5.91 Å². The number of hydrogen-bond donors (Lipinski definition) is 3. The number of sulfone groups is 1. The number of anilines is 1. The van der Waals surface area contributed by atoms with Crippen molar-refractivity contribution in [1.29, 1.82) is 0 Å². The topological polar surface area (TPSA) is 176 Å². The highest BCUT2D eigenvalue weighted by Gasteiger charge is 2.24. The molecule has 51 heavy (non-hydrogen) atoms. The van der Waals surface area contributed by atoms with Crippen LogP contribution in [0, 0.1) is 0 Å². The molecule has 0 unspecified atom stereocenters. The van der Waals surface area contributed by atoms with Crippen LogP contribution in [0.1, 0.15) is 70.5 Å². The van der Waals surface area contributed by atoms with Crippen molar-refractivity contribution in [3.05, 3.63) is 84.2 Å². The molecule has 3 aromatic heterocycles. The Balaban J connectivity index is 0.00000169. The number of amides is 2. The third kappa shape index (κ3) is 10.4. The summed E-state index contributed by atoms with van der Waals surface area (Å²) in [6.45, 7) is 14.2. The number of nitrogens with one attached hydrogen (secondary N) is 3. The first-order chi connectivity index (χ1) is 24.2. The van der Waals surface area contributed by atoms with Crippen molar-refractivity contribution < 1.29 is 22.5 Å². The Kier molecular flexibility index (Phi) is 13.9. The van der Waals surface area contributed by atoms with Gasteiger partial charge in [0.25, 0.3) is 0 Å². The van der Waals surface area contributed by atoms with Crippen molar-refractivity contribution in [3.8, 4) is 22.5 Å². The third-order valence-corrected chi connectivity index (χ3v) is 8.26. The van der Waals surface area contributed by atoms with Crippen molar-refractivity contribution in [2.75, 3.05) is 32.2 Å². The van der Waals surface area contributed by atoms with E-state index in [9.17, 15) is 18.0 Å². The third-order valence-electron chi connectivity index (χ3n) is 7.08. The highest BCUT2D eigenvalue weighted by atomic mass is 32.2. The molecule has 14 heteroatoms. The standard InChI is InChI=1S/C33H36N8O5S.2C2H6/c1-33(2,3)32-39-31(46-40-32)30(43)35-19-21-14-13-20(18-25(21)47(6,44)45)22-15-16-34-29-27(22)37-28(38-29)23-10-7-8-11-24(23)36-26(42)12-9-17-41(4)5;2*1-2/h7-16,18H,17,19H2,1-6H3,(H,35,43)(H,36,42)(H,34,37,38);2*1-2H3/b12-9+;;. The van der Waals surface area contributed by atoms with Crippen LogP contribution in [0.3, 0.4) is 0 Å². The minimum absolute atomic E-state index is 0.0521. The number of carbonyl (C=O) groups is 2. The maximum Gasteiger partial charge on any atom is 0.315 e. The summed E-state index contributed by atoms with van der Waals surface area (Å²) in [7, 11) is 0.128. The molecule has 272 valence electrons. The average Bonchev–Trinajstić information content (AvgIpc) is 3.77. The molecule has 0 aliphatic heterocycles. The Hall–Kier alpha value is -5.21. The van der Waals surface area contributed by atoms with Gasteiger partial charge in [0.1, 0.15) is 5.82 Å². The molecule has 0 bridgehead atoms. The molecule has 5 aromatic rings. The van der Waals surface area contributed by atoms with Gasteiger partial charge in [-0.15, -0.1) is 0 Å². The van der Waals surface area contributed by atoms with Crippen molar-refractivity contribution in [1.82, 2.24) is 35.3 Å². The molecule has 13 nitrogen and oxygen atoms in total. The van der Waals surface area contributed by atoms with Crippen LogP contribution in [0.2, 0.25) is 0 Å². The number of pyridine rings is 1. The molecule has 0 saturated heterocycles. The lowest BCUT2D eigenvalue weighted by atomic mass is 9.96. The normalized spacial score (nSPS) is 11.5. The molecule has 0 radical (unpaired) electrons. The van der Waals surface area contributed by atoms with Crippen molar-refractivity contribution in [3.63, 3.8) is 0 Å². The van der Waals surface area contributed by atoms with E-state index < -0.39 is 21.2 Å². The summed E-state index contributed by atoms with van der Waals surface area (Å²) < 4.78 is 30.9. The van der Waals surface area contributed by atoms with E-state index in [1.807, 2.05) is 85.7 Å². The van der Waals surface area contributed by atoms with Crippen molar-refractivity contribution in [2.45, 2.75) is 65.3 Å². The predicted octanol–water partition coefficient (Wildman–Crippen LogP) is 6.41. The largest absolute Gasteiger partial charge is 0.344 e. The summed E-state index contributed by atoms with van der Waals surface area (Å²) in [5.74, 6) is -0.227. The molecular weight excluding hydrogens is 669 g/mol. The zero-order valence-corrected chi connectivity index (χ0v) is 31.8. The molecule has 2 amide bonds. The number of aromatic nitrogens is 5. The summed E-state index contributed by atoms with van der Waals surface area (Å²) >= 11 is 0. The number of likely N-dealkylation sites (N-methyl/N-ethyl adjacent to an activating group) is 1. The molecule has 0 aliphatic rings. The lowest BCUT2D eigenvalue weighted by molar-refractivity contribution is -0.111. The van der Waals surface area contributed by atoms with Gasteiger partial charge in [-0.3, -0.25) is 9.59 Å². The Morgan fingerprint density at radius 1 is 0.980 bits per heavy atom. The van der Waals surface area contributed by atoms with Gasteiger partial charge in [-0.05, 0) is 49.5 Å². The fourth-order valence-electron chi connectivity index (χ4n) is 4.71. The minimum atomic E-state index is -3.70. The quantitative estimate of drug-likeness (QED) is 0.137. The van der Waals surface area contributed by atoms with E-state index >= 15 is 0 Å². The average molecular weight is 717 g/mol. The monoisotopic (exact) mass is 716 g/mol. The van der Waals surface area contributed by atoms with E-state index in [0.29, 0.717) is 57.3 Å². The molecule has 5 rings (SSSR count). The summed E-state index contributed by atoms with van der Waals surface area (Å²) in [4.78, 5) is 43.9. The van der Waals surface area contributed by atoms with Crippen molar-refractivity contribution >= 4 is 38.5 Å². The number of fused-ring (bicyclic) bond motifs is 1. The zero-order valence-electron chi connectivity index (χ0n) is 31.0. The number of rotatable bonds is 10. The van der Waals surface area contributed by atoms with Crippen LogP contribution in [0.4, 0.5) is 5.69 Å². The first-order valence-electron chi connectivity index (χ1n) is 16.7. The summed E-state index contributed by atoms with van der Waals surface area (Å²) in [5, 5.41) is 9.45. The fourth-order valence-corrected chi connectivity index (χ4v) is 5.66. The second kappa shape index (κ2) is 17.6. The second-order valence-corrected chi connectivity index (χ2v) is 14.3. The molecule has 0 fully saturated rings. The molecule has 3 heterocycles. The van der Waals surface area contributed by atoms with E-state index in [1.165, 1.54) is 6.08 Å². The molecule has 0 saturated carbocycles. The molecule has 0 spiro atoms. The Morgan fingerprint density at radius 2 is 1.69 bits per heavy atom. The van der Waals surface area contributed by atoms with Gasteiger partial charge in [-0.1, -0.05) is 84.0 Å². The summed E-state index contributed by atoms with van der Waals surface area (Å²) in [6, 6.07) is 14.0. The number of carbonyl (C=O) groups excluding carboxylic acids is 2. The van der Waals surface area contributed by atoms with Gasteiger partial charge in [0.15, 0.2) is 21.3 Å². The van der Waals surface area contributed by atoms with Crippen LogP contribution in [0.25, 0.3) is 33.7 Å². The lowest BCUT2D eigenvalue weighted by Gasteiger charge is -2.12. The van der Waals surface area contributed by atoms with Crippen LogP contribution < -0.4 is 10.6 Å². The molecule has 3 N–H and O–H groups in total. The smallest absolute Gasteiger partial charge is 0.315 e. The Morgan fingerprint density at radius 3 is 2.33 bits per heavy atom. The maximum absolute atomic E-state index is 12.9. The Labute approximate surface area is 299 Å². The predicted molar refractivity (Wildman–Crippen MR) is 201 cm³/mol.